The topological polar surface area (TPSA) is 84.3 Å². The number of phenols is 1. The Morgan fingerprint density at radius 1 is 1.42 bits per heavy atom. The lowest BCUT2D eigenvalue weighted by atomic mass is 10.2. The van der Waals surface area contributed by atoms with Crippen LogP contribution in [0.3, 0.4) is 0 Å². The smallest absolute Gasteiger partial charge is 0.261 e. The first-order valence-corrected chi connectivity index (χ1v) is 5.65. The Kier molecular flexibility index (Phi) is 3.82. The lowest BCUT2D eigenvalue weighted by molar-refractivity contribution is 0.102. The summed E-state index contributed by atoms with van der Waals surface area (Å²) in [5.74, 6) is -0.214. The Morgan fingerprint density at radius 2 is 2.21 bits per heavy atom. The average molecular weight is 280 g/mol. The molecule has 7 heteroatoms. The van der Waals surface area contributed by atoms with Crippen LogP contribution in [0.4, 0.5) is 5.95 Å². The lowest BCUT2D eigenvalue weighted by Crippen LogP contribution is -2.14. The number of benzene rings is 1. The average Bonchev–Trinajstić information content (AvgIpc) is 2.39. The Bertz CT molecular complexity index is 619. The van der Waals surface area contributed by atoms with Crippen molar-refractivity contribution in [1.82, 2.24) is 9.97 Å². The van der Waals surface area contributed by atoms with Gasteiger partial charge in [-0.2, -0.15) is 0 Å². The molecule has 1 heterocycles. The highest BCUT2D eigenvalue weighted by Gasteiger charge is 2.13. The van der Waals surface area contributed by atoms with E-state index in [1.807, 2.05) is 0 Å². The van der Waals surface area contributed by atoms with Crippen LogP contribution in [-0.4, -0.2) is 28.1 Å². The molecule has 0 aliphatic heterocycles. The van der Waals surface area contributed by atoms with Crippen LogP contribution in [0.15, 0.2) is 30.5 Å². The zero-order valence-electron chi connectivity index (χ0n) is 9.92. The molecule has 0 unspecified atom stereocenters. The molecule has 0 saturated heterocycles. The van der Waals surface area contributed by atoms with Crippen LogP contribution in [0.2, 0.25) is 5.15 Å². The van der Waals surface area contributed by atoms with Crippen LogP contribution in [0.5, 0.6) is 11.5 Å². The van der Waals surface area contributed by atoms with E-state index < -0.39 is 5.91 Å². The van der Waals surface area contributed by atoms with Crippen LogP contribution in [-0.2, 0) is 0 Å². The number of hydrogen-bond donors (Lipinski definition) is 2. The quantitative estimate of drug-likeness (QED) is 0.841. The Labute approximate surface area is 114 Å². The fraction of sp³-hybridized carbons (Fsp3) is 0.0833. The van der Waals surface area contributed by atoms with Crippen molar-refractivity contribution >= 4 is 23.5 Å². The number of aromatic nitrogens is 2. The Morgan fingerprint density at radius 3 is 2.89 bits per heavy atom. The second-order valence-electron chi connectivity index (χ2n) is 3.54. The lowest BCUT2D eigenvalue weighted by Gasteiger charge is -2.07. The maximum atomic E-state index is 12.0. The van der Waals surface area contributed by atoms with Gasteiger partial charge in [0.05, 0.1) is 12.7 Å². The van der Waals surface area contributed by atoms with Gasteiger partial charge >= 0.3 is 0 Å². The summed E-state index contributed by atoms with van der Waals surface area (Å²) in [6, 6.07) is 5.81. The number of methoxy groups -OCH3 is 1. The first-order valence-electron chi connectivity index (χ1n) is 5.27. The van der Waals surface area contributed by atoms with E-state index in [1.54, 1.807) is 6.07 Å². The minimum absolute atomic E-state index is 0.0553. The van der Waals surface area contributed by atoms with Gasteiger partial charge in [-0.3, -0.25) is 10.1 Å². The standard InChI is InChI=1S/C12H10ClN3O3/c1-19-7-2-3-9(17)8(6-7)11(18)16-12-14-5-4-10(13)15-12/h2-6,17H,1H3,(H,14,15,16,18). The van der Waals surface area contributed by atoms with E-state index in [2.05, 4.69) is 15.3 Å². The number of hydrogen-bond acceptors (Lipinski definition) is 5. The van der Waals surface area contributed by atoms with Crippen molar-refractivity contribution in [3.63, 3.8) is 0 Å². The van der Waals surface area contributed by atoms with Gasteiger partial charge in [0.1, 0.15) is 16.7 Å². The van der Waals surface area contributed by atoms with Crippen LogP contribution in [0.1, 0.15) is 10.4 Å². The molecule has 2 N–H and O–H groups in total. The van der Waals surface area contributed by atoms with Crippen LogP contribution >= 0.6 is 11.6 Å². The zero-order valence-corrected chi connectivity index (χ0v) is 10.7. The number of halogens is 1. The normalized spacial score (nSPS) is 10.0. The number of rotatable bonds is 3. The number of carbonyl (C=O) groups is 1. The maximum absolute atomic E-state index is 12.0. The summed E-state index contributed by atoms with van der Waals surface area (Å²) < 4.78 is 4.99. The molecule has 0 saturated carbocycles. The number of amides is 1. The van der Waals surface area contributed by atoms with Crippen LogP contribution in [0.25, 0.3) is 0 Å². The Hall–Kier alpha value is -2.34. The monoisotopic (exact) mass is 279 g/mol. The highest BCUT2D eigenvalue weighted by atomic mass is 35.5. The molecular formula is C12H10ClN3O3. The number of aromatic hydroxyl groups is 1. The van der Waals surface area contributed by atoms with Gasteiger partial charge in [0, 0.05) is 6.20 Å². The second kappa shape index (κ2) is 5.53. The van der Waals surface area contributed by atoms with Crippen LogP contribution in [0, 0.1) is 0 Å². The molecule has 0 spiro atoms. The van der Waals surface area contributed by atoms with Crippen molar-refractivity contribution in [2.75, 3.05) is 12.4 Å². The molecule has 1 aromatic heterocycles. The molecule has 19 heavy (non-hydrogen) atoms. The molecule has 0 radical (unpaired) electrons. The van der Waals surface area contributed by atoms with Crippen molar-refractivity contribution in [1.29, 1.82) is 0 Å². The minimum atomic E-state index is -0.557. The molecule has 0 aliphatic rings. The molecule has 1 aromatic carbocycles. The predicted octanol–water partition coefficient (Wildman–Crippen LogP) is 2.10. The van der Waals surface area contributed by atoms with Crippen molar-refractivity contribution in [3.05, 3.63) is 41.2 Å². The van der Waals surface area contributed by atoms with E-state index in [-0.39, 0.29) is 22.4 Å². The first kappa shape index (κ1) is 13.1. The highest BCUT2D eigenvalue weighted by Crippen LogP contribution is 2.23. The maximum Gasteiger partial charge on any atom is 0.261 e. The summed E-state index contributed by atoms with van der Waals surface area (Å²) in [5, 5.41) is 12.3. The number of nitrogens with one attached hydrogen (secondary N) is 1. The highest BCUT2D eigenvalue weighted by molar-refractivity contribution is 6.29. The number of anilines is 1. The van der Waals surface area contributed by atoms with E-state index in [0.29, 0.717) is 5.75 Å². The summed E-state index contributed by atoms with van der Waals surface area (Å²) in [6.07, 6.45) is 1.41. The summed E-state index contributed by atoms with van der Waals surface area (Å²) in [6.45, 7) is 0. The fourth-order valence-corrected chi connectivity index (χ4v) is 1.53. The van der Waals surface area contributed by atoms with Crippen molar-refractivity contribution in [3.8, 4) is 11.5 Å². The Balaban J connectivity index is 2.25. The van der Waals surface area contributed by atoms with E-state index in [9.17, 15) is 9.90 Å². The number of ether oxygens (including phenoxy) is 1. The van der Waals surface area contributed by atoms with Gasteiger partial charge in [-0.15, -0.1) is 0 Å². The fourth-order valence-electron chi connectivity index (χ4n) is 1.39. The molecule has 2 aromatic rings. The van der Waals surface area contributed by atoms with Gasteiger partial charge in [-0.25, -0.2) is 9.97 Å². The molecule has 1 amide bonds. The molecule has 0 aliphatic carbocycles. The first-order chi connectivity index (χ1) is 9.10. The van der Waals surface area contributed by atoms with E-state index in [0.717, 1.165) is 0 Å². The second-order valence-corrected chi connectivity index (χ2v) is 3.93. The SMILES string of the molecule is COc1ccc(O)c(C(=O)Nc2nccc(Cl)n2)c1. The van der Waals surface area contributed by atoms with Crippen molar-refractivity contribution in [2.24, 2.45) is 0 Å². The van der Waals surface area contributed by atoms with Gasteiger partial charge in [0.15, 0.2) is 0 Å². The van der Waals surface area contributed by atoms with Gasteiger partial charge in [0.25, 0.3) is 5.91 Å². The van der Waals surface area contributed by atoms with Gasteiger partial charge in [-0.05, 0) is 24.3 Å². The molecule has 6 nitrogen and oxygen atoms in total. The predicted molar refractivity (Wildman–Crippen MR) is 69.7 cm³/mol. The third-order valence-electron chi connectivity index (χ3n) is 2.30. The van der Waals surface area contributed by atoms with Gasteiger partial charge in [-0.1, -0.05) is 11.6 Å². The number of carbonyl (C=O) groups excluding carboxylic acids is 1. The summed E-state index contributed by atoms with van der Waals surface area (Å²) in [5.41, 5.74) is 0.0583. The van der Waals surface area contributed by atoms with Crippen molar-refractivity contribution in [2.45, 2.75) is 0 Å². The molecular weight excluding hydrogens is 270 g/mol. The van der Waals surface area contributed by atoms with Crippen LogP contribution < -0.4 is 10.1 Å². The third kappa shape index (κ3) is 3.11. The minimum Gasteiger partial charge on any atom is -0.507 e. The molecule has 0 fully saturated rings. The summed E-state index contributed by atoms with van der Waals surface area (Å²) >= 11 is 5.68. The van der Waals surface area contributed by atoms with E-state index in [1.165, 1.54) is 31.5 Å². The molecule has 2 rings (SSSR count). The van der Waals surface area contributed by atoms with Gasteiger partial charge in [0.2, 0.25) is 5.95 Å². The molecule has 98 valence electrons. The number of phenolic OH excluding ortho intramolecular Hbond substituents is 1. The third-order valence-corrected chi connectivity index (χ3v) is 2.51. The van der Waals surface area contributed by atoms with Crippen molar-refractivity contribution < 1.29 is 14.6 Å². The van der Waals surface area contributed by atoms with E-state index in [4.69, 9.17) is 16.3 Å². The molecule has 0 atom stereocenters. The largest absolute Gasteiger partial charge is 0.507 e. The van der Waals surface area contributed by atoms with Gasteiger partial charge < -0.3 is 9.84 Å². The zero-order chi connectivity index (χ0) is 13.8. The summed E-state index contributed by atoms with van der Waals surface area (Å²) in [7, 11) is 1.47. The number of nitrogens with zero attached hydrogens (tertiary/aromatic N) is 2. The van der Waals surface area contributed by atoms with E-state index >= 15 is 0 Å². The molecule has 0 bridgehead atoms. The summed E-state index contributed by atoms with van der Waals surface area (Å²) in [4.78, 5) is 19.6.